The molecule has 2 N–H and O–H groups in total. The van der Waals surface area contributed by atoms with Crippen molar-refractivity contribution in [2.45, 2.75) is 69.8 Å². The number of ether oxygens (including phenoxy) is 3. The van der Waals surface area contributed by atoms with E-state index in [1.807, 2.05) is 18.2 Å². The highest BCUT2D eigenvalue weighted by Gasteiger charge is 2.44. The van der Waals surface area contributed by atoms with Crippen molar-refractivity contribution in [3.05, 3.63) is 70.3 Å². The Morgan fingerprint density at radius 1 is 1.24 bits per heavy atom. The fourth-order valence-electron chi connectivity index (χ4n) is 7.47. The summed E-state index contributed by atoms with van der Waals surface area (Å²) < 4.78 is 38.4. The number of hydrogen-bond acceptors (Lipinski definition) is 7. The molecule has 4 aliphatic rings. The van der Waals surface area contributed by atoms with Crippen molar-refractivity contribution in [2.24, 2.45) is 16.2 Å². The molecule has 1 amide bonds. The van der Waals surface area contributed by atoms with Gasteiger partial charge in [-0.15, -0.1) is 4.36 Å². The average Bonchev–Trinajstić information content (AvgIpc) is 3.14. The highest BCUT2D eigenvalue weighted by atomic mass is 35.5. The summed E-state index contributed by atoms with van der Waals surface area (Å²) in [5.74, 6) is 0.959. The predicted octanol–water partition coefficient (Wildman–Crippen LogP) is 5.63. The van der Waals surface area contributed by atoms with Gasteiger partial charge in [0.05, 0.1) is 18.4 Å². The lowest BCUT2D eigenvalue weighted by Crippen LogP contribution is -2.49. The molecule has 1 fully saturated rings. The standard InChI is InChI=1S/C34H44ClN3O6S/c1-3-43-33(40)37-45(41)17-6-4-5-9-30(42-2)27-13-10-25(27)20-38-21-34(16-7-8-23-18-26(35)12-14-28(23)34)22-44-31-15-11-24(19-29(31)38)32(39)36-45/h5,9,11-12,14-15,18-19,25,27,30,33,40H,3-4,6-8,10,13,16-17,20-22H2,1-2H3,(H,36,37,39,41)/b9-5+/t25-,27+,30-,33?,34-,45+/m0/s1. The normalized spacial score (nSPS) is 31.4. The maximum absolute atomic E-state index is 13.9. The number of methoxy groups -OCH3 is 1. The van der Waals surface area contributed by atoms with Crippen LogP contribution >= 0.6 is 11.6 Å². The zero-order valence-electron chi connectivity index (χ0n) is 26.1. The number of amides is 1. The Morgan fingerprint density at radius 3 is 2.89 bits per heavy atom. The van der Waals surface area contributed by atoms with Gasteiger partial charge < -0.3 is 24.2 Å². The number of benzene rings is 2. The largest absolute Gasteiger partial charge is 0.490 e. The number of rotatable bonds is 5. The first-order valence-corrected chi connectivity index (χ1v) is 18.1. The molecule has 11 heteroatoms. The van der Waals surface area contributed by atoms with Gasteiger partial charge in [-0.3, -0.25) is 4.79 Å². The average molecular weight is 658 g/mol. The Hall–Kier alpha value is -2.47. The summed E-state index contributed by atoms with van der Waals surface area (Å²) in [6.45, 7) is 3.98. The van der Waals surface area contributed by atoms with Crippen LogP contribution in [0.15, 0.2) is 52.9 Å². The molecule has 2 aliphatic carbocycles. The van der Waals surface area contributed by atoms with E-state index in [4.69, 9.17) is 25.8 Å². The summed E-state index contributed by atoms with van der Waals surface area (Å²) in [4.78, 5) is 16.0. The molecule has 0 radical (unpaired) electrons. The van der Waals surface area contributed by atoms with E-state index in [0.717, 1.165) is 61.7 Å². The first-order chi connectivity index (χ1) is 21.7. The van der Waals surface area contributed by atoms with E-state index in [1.54, 1.807) is 20.1 Å². The highest BCUT2D eigenvalue weighted by Crippen LogP contribution is 2.47. The topological polar surface area (TPSA) is 110 Å². The first kappa shape index (κ1) is 32.5. The van der Waals surface area contributed by atoms with Gasteiger partial charge in [-0.05, 0) is 105 Å². The SMILES string of the molecule is CCOC(O)N[S@]1(=O)=NC(=O)c2ccc3c(c2)N(C[C@@H]2CC[C@H]2[C@@H](OC)/C=C/CCC1)C[C@@]1(CCCc2cc(Cl)ccc21)CO3. The van der Waals surface area contributed by atoms with E-state index in [1.165, 1.54) is 11.1 Å². The molecule has 0 aromatic heterocycles. The van der Waals surface area contributed by atoms with Gasteiger partial charge in [0.15, 0.2) is 0 Å². The van der Waals surface area contributed by atoms with Gasteiger partial charge in [0.25, 0.3) is 5.91 Å². The van der Waals surface area contributed by atoms with Gasteiger partial charge in [-0.2, -0.15) is 4.72 Å². The zero-order chi connectivity index (χ0) is 31.6. The Labute approximate surface area is 271 Å². The molecular formula is C34H44ClN3O6S. The van der Waals surface area contributed by atoms with Gasteiger partial charge in [-0.25, -0.2) is 4.21 Å². The quantitative estimate of drug-likeness (QED) is 0.317. The lowest BCUT2D eigenvalue weighted by Gasteiger charge is -2.46. The lowest BCUT2D eigenvalue weighted by molar-refractivity contribution is -0.100. The van der Waals surface area contributed by atoms with Gasteiger partial charge in [0, 0.05) is 48.6 Å². The van der Waals surface area contributed by atoms with Gasteiger partial charge >= 0.3 is 0 Å². The molecule has 0 saturated heterocycles. The minimum atomic E-state index is -3.34. The molecule has 2 aromatic rings. The summed E-state index contributed by atoms with van der Waals surface area (Å²) in [6, 6.07) is 11.6. The van der Waals surface area contributed by atoms with Crippen molar-refractivity contribution in [3.63, 3.8) is 0 Å². The maximum atomic E-state index is 13.9. The smallest absolute Gasteiger partial charge is 0.286 e. The molecule has 9 nitrogen and oxygen atoms in total. The molecule has 6 rings (SSSR count). The van der Waals surface area contributed by atoms with Gasteiger partial charge in [0.1, 0.15) is 15.7 Å². The number of aryl methyl sites for hydroxylation is 1. The zero-order valence-corrected chi connectivity index (χ0v) is 27.7. The number of hydrogen-bond donors (Lipinski definition) is 2. The minimum absolute atomic E-state index is 0.0225. The summed E-state index contributed by atoms with van der Waals surface area (Å²) in [7, 11) is -1.57. The minimum Gasteiger partial charge on any atom is -0.490 e. The number of nitrogens with zero attached hydrogens (tertiary/aromatic N) is 2. The third kappa shape index (κ3) is 6.96. The molecule has 1 unspecified atom stereocenters. The van der Waals surface area contributed by atoms with E-state index in [0.29, 0.717) is 36.8 Å². The van der Waals surface area contributed by atoms with E-state index in [9.17, 15) is 14.1 Å². The lowest BCUT2D eigenvalue weighted by atomic mass is 9.68. The highest BCUT2D eigenvalue weighted by molar-refractivity contribution is 7.92. The monoisotopic (exact) mass is 657 g/mol. The Bertz CT molecular complexity index is 1560. The summed E-state index contributed by atoms with van der Waals surface area (Å²) in [5.41, 5.74) is 3.48. The maximum Gasteiger partial charge on any atom is 0.286 e. The third-order valence-electron chi connectivity index (χ3n) is 9.87. The van der Waals surface area contributed by atoms with Crippen LogP contribution in [0.2, 0.25) is 5.02 Å². The number of halogens is 1. The molecule has 1 saturated carbocycles. The number of nitrogens with one attached hydrogen (secondary N) is 1. The van der Waals surface area contributed by atoms with Crippen LogP contribution in [0.5, 0.6) is 5.75 Å². The number of allylic oxidation sites excluding steroid dienone is 1. The third-order valence-corrected chi connectivity index (χ3v) is 12.0. The number of aliphatic hydroxyl groups excluding tert-OH is 1. The Balaban J connectivity index is 1.42. The molecule has 2 heterocycles. The number of carbonyl (C=O) groups is 1. The van der Waals surface area contributed by atoms with Crippen LogP contribution in [0.1, 0.15) is 66.9 Å². The molecule has 1 spiro atoms. The van der Waals surface area contributed by atoms with Crippen LogP contribution < -0.4 is 14.4 Å². The predicted molar refractivity (Wildman–Crippen MR) is 176 cm³/mol. The van der Waals surface area contributed by atoms with Crippen molar-refractivity contribution < 1.29 is 28.3 Å². The fourth-order valence-corrected chi connectivity index (χ4v) is 9.25. The van der Waals surface area contributed by atoms with E-state index < -0.39 is 22.2 Å². The molecule has 2 aromatic carbocycles. The van der Waals surface area contributed by atoms with Crippen LogP contribution in [0.3, 0.4) is 0 Å². The second-order valence-electron chi connectivity index (χ2n) is 12.7. The first-order valence-electron chi connectivity index (χ1n) is 16.1. The van der Waals surface area contributed by atoms with Crippen LogP contribution in [-0.2, 0) is 31.2 Å². The number of fused-ring (bicyclic) bond motifs is 4. The molecule has 6 atom stereocenters. The Kier molecular flexibility index (Phi) is 9.90. The second kappa shape index (κ2) is 13.7. The Morgan fingerprint density at radius 2 is 2.11 bits per heavy atom. The number of anilines is 1. The van der Waals surface area contributed by atoms with Crippen LogP contribution in [0.4, 0.5) is 5.69 Å². The van der Waals surface area contributed by atoms with Crippen molar-refractivity contribution in [1.29, 1.82) is 0 Å². The van der Waals surface area contributed by atoms with Crippen molar-refractivity contribution in [3.8, 4) is 5.75 Å². The molecule has 244 valence electrons. The summed E-state index contributed by atoms with van der Waals surface area (Å²) in [5, 5.41) is 11.0. The molecular weight excluding hydrogens is 614 g/mol. The number of carbonyl (C=O) groups excluding carboxylic acids is 1. The number of aliphatic hydroxyl groups is 1. The van der Waals surface area contributed by atoms with E-state index >= 15 is 0 Å². The van der Waals surface area contributed by atoms with Gasteiger partial charge in [0.2, 0.25) is 6.41 Å². The molecule has 2 bridgehead atoms. The molecule has 2 aliphatic heterocycles. The van der Waals surface area contributed by atoms with Crippen molar-refractivity contribution in [2.75, 3.05) is 44.1 Å². The van der Waals surface area contributed by atoms with Gasteiger partial charge in [-0.1, -0.05) is 29.8 Å². The summed E-state index contributed by atoms with van der Waals surface area (Å²) in [6.07, 6.45) is 9.01. The van der Waals surface area contributed by atoms with E-state index in [-0.39, 0.29) is 23.9 Å². The van der Waals surface area contributed by atoms with E-state index in [2.05, 4.69) is 38.3 Å². The van der Waals surface area contributed by atoms with Crippen LogP contribution in [-0.4, -0.2) is 66.9 Å². The van der Waals surface area contributed by atoms with Crippen molar-refractivity contribution in [1.82, 2.24) is 4.72 Å². The van der Waals surface area contributed by atoms with Crippen LogP contribution in [0, 0.1) is 11.8 Å². The van der Waals surface area contributed by atoms with Crippen LogP contribution in [0.25, 0.3) is 0 Å². The summed E-state index contributed by atoms with van der Waals surface area (Å²) >= 11 is 6.42. The second-order valence-corrected chi connectivity index (χ2v) is 15.3. The fraction of sp³-hybridized carbons (Fsp3) is 0.559. The molecule has 45 heavy (non-hydrogen) atoms. The van der Waals surface area contributed by atoms with Crippen molar-refractivity contribution >= 4 is 33.1 Å².